The quantitative estimate of drug-likeness (QED) is 0.751. The topological polar surface area (TPSA) is 104 Å². The van der Waals surface area contributed by atoms with Crippen LogP contribution in [-0.4, -0.2) is 36.7 Å². The lowest BCUT2D eigenvalue weighted by molar-refractivity contribution is 0.0702. The second-order valence-corrected chi connectivity index (χ2v) is 7.64. The lowest BCUT2D eigenvalue weighted by atomic mass is 9.78. The maximum Gasteiger partial charge on any atom is 0.345 e. The molecule has 19 heavy (non-hydrogen) atoms. The molecule has 0 unspecified atom stereocenters. The Labute approximate surface area is 115 Å². The van der Waals surface area contributed by atoms with Gasteiger partial charge in [0.2, 0.25) is 10.0 Å². The van der Waals surface area contributed by atoms with Gasteiger partial charge in [-0.05, 0) is 32.3 Å². The largest absolute Gasteiger partial charge is 0.477 e. The van der Waals surface area contributed by atoms with Crippen LogP contribution in [0.4, 0.5) is 0 Å². The fourth-order valence-electron chi connectivity index (χ4n) is 2.07. The molecule has 6 nitrogen and oxygen atoms in total. The molecule has 1 saturated carbocycles. The summed E-state index contributed by atoms with van der Waals surface area (Å²) in [6.07, 6.45) is 2.06. The standard InChI is InChI=1S/C11H15NO5S2/c1-7-9(5-8(18-7)10(14)15)19(16,17)12-11(6-13)3-2-4-11/h5,12-13H,2-4,6H2,1H3,(H,14,15). The molecule has 3 N–H and O–H groups in total. The summed E-state index contributed by atoms with van der Waals surface area (Å²) in [4.78, 5) is 11.3. The zero-order chi connectivity index (χ0) is 14.3. The van der Waals surface area contributed by atoms with E-state index in [1.807, 2.05) is 0 Å². The average molecular weight is 305 g/mol. The van der Waals surface area contributed by atoms with Crippen LogP contribution in [0.5, 0.6) is 0 Å². The summed E-state index contributed by atoms with van der Waals surface area (Å²) in [5, 5.41) is 18.2. The summed E-state index contributed by atoms with van der Waals surface area (Å²) in [6, 6.07) is 1.16. The number of sulfonamides is 1. The summed E-state index contributed by atoms with van der Waals surface area (Å²) in [7, 11) is -3.80. The summed E-state index contributed by atoms with van der Waals surface area (Å²) >= 11 is 0.927. The average Bonchev–Trinajstić information content (AvgIpc) is 2.67. The molecule has 0 saturated heterocycles. The van der Waals surface area contributed by atoms with Crippen molar-refractivity contribution in [2.24, 2.45) is 0 Å². The summed E-state index contributed by atoms with van der Waals surface area (Å²) < 4.78 is 27.0. The number of aliphatic hydroxyl groups excluding tert-OH is 1. The first kappa shape index (κ1) is 14.4. The molecule has 106 valence electrons. The molecule has 0 aromatic carbocycles. The van der Waals surface area contributed by atoms with Crippen molar-refractivity contribution in [3.05, 3.63) is 15.8 Å². The Balaban J connectivity index is 2.32. The minimum absolute atomic E-state index is 0.00969. The number of hydrogen-bond donors (Lipinski definition) is 3. The molecule has 0 aliphatic heterocycles. The highest BCUT2D eigenvalue weighted by atomic mass is 32.2. The monoisotopic (exact) mass is 305 g/mol. The zero-order valence-corrected chi connectivity index (χ0v) is 12.0. The van der Waals surface area contributed by atoms with E-state index in [9.17, 15) is 18.3 Å². The molecule has 1 aromatic heterocycles. The lowest BCUT2D eigenvalue weighted by Crippen LogP contribution is -2.55. The minimum Gasteiger partial charge on any atom is -0.477 e. The summed E-state index contributed by atoms with van der Waals surface area (Å²) in [6.45, 7) is 1.32. The molecule has 1 heterocycles. The molecular formula is C11H15NO5S2. The number of thiophene rings is 1. The highest BCUT2D eigenvalue weighted by molar-refractivity contribution is 7.89. The fourth-order valence-corrected chi connectivity index (χ4v) is 4.96. The van der Waals surface area contributed by atoms with Crippen molar-refractivity contribution in [2.75, 3.05) is 6.61 Å². The van der Waals surface area contributed by atoms with Crippen molar-refractivity contribution in [1.82, 2.24) is 4.72 Å². The van der Waals surface area contributed by atoms with E-state index in [-0.39, 0.29) is 16.4 Å². The molecule has 1 aromatic rings. The molecule has 0 radical (unpaired) electrons. The highest BCUT2D eigenvalue weighted by Gasteiger charge is 2.41. The third-order valence-corrected chi connectivity index (χ3v) is 6.21. The third kappa shape index (κ3) is 2.66. The van der Waals surface area contributed by atoms with Gasteiger partial charge >= 0.3 is 5.97 Å². The van der Waals surface area contributed by atoms with Crippen LogP contribution in [0.3, 0.4) is 0 Å². The SMILES string of the molecule is Cc1sc(C(=O)O)cc1S(=O)(=O)NC1(CO)CCC1. The van der Waals surface area contributed by atoms with Crippen molar-refractivity contribution >= 4 is 27.3 Å². The third-order valence-electron chi connectivity index (χ3n) is 3.34. The van der Waals surface area contributed by atoms with E-state index < -0.39 is 21.5 Å². The number of aliphatic hydroxyl groups is 1. The van der Waals surface area contributed by atoms with Gasteiger partial charge in [-0.15, -0.1) is 11.3 Å². The van der Waals surface area contributed by atoms with E-state index in [0.717, 1.165) is 23.8 Å². The van der Waals surface area contributed by atoms with Crippen molar-refractivity contribution < 1.29 is 23.4 Å². The fraction of sp³-hybridized carbons (Fsp3) is 0.545. The molecule has 0 bridgehead atoms. The number of aromatic carboxylic acids is 1. The van der Waals surface area contributed by atoms with Crippen LogP contribution < -0.4 is 4.72 Å². The number of nitrogens with one attached hydrogen (secondary N) is 1. The van der Waals surface area contributed by atoms with Crippen LogP contribution >= 0.6 is 11.3 Å². The predicted molar refractivity (Wildman–Crippen MR) is 70.0 cm³/mol. The maximum absolute atomic E-state index is 12.2. The summed E-state index contributed by atoms with van der Waals surface area (Å²) in [5.41, 5.74) is -0.781. The molecule has 1 aliphatic carbocycles. The number of hydrogen-bond acceptors (Lipinski definition) is 5. The first-order valence-electron chi connectivity index (χ1n) is 5.78. The Hall–Kier alpha value is -0.960. The van der Waals surface area contributed by atoms with Crippen LogP contribution in [0.2, 0.25) is 0 Å². The number of aryl methyl sites for hydroxylation is 1. The van der Waals surface area contributed by atoms with Crippen molar-refractivity contribution in [2.45, 2.75) is 36.6 Å². The van der Waals surface area contributed by atoms with E-state index >= 15 is 0 Å². The molecule has 8 heteroatoms. The van der Waals surface area contributed by atoms with Crippen LogP contribution in [0.1, 0.15) is 33.8 Å². The first-order valence-corrected chi connectivity index (χ1v) is 8.08. The second-order valence-electron chi connectivity index (χ2n) is 4.73. The van der Waals surface area contributed by atoms with E-state index in [0.29, 0.717) is 17.7 Å². The van der Waals surface area contributed by atoms with Gasteiger partial charge in [-0.25, -0.2) is 17.9 Å². The van der Waals surface area contributed by atoms with Gasteiger partial charge in [-0.1, -0.05) is 0 Å². The summed E-state index contributed by atoms with van der Waals surface area (Å²) in [5.74, 6) is -1.14. The van der Waals surface area contributed by atoms with Gasteiger partial charge in [0.25, 0.3) is 0 Å². The molecule has 0 amide bonds. The number of carboxylic acids is 1. The van der Waals surface area contributed by atoms with E-state index in [2.05, 4.69) is 4.72 Å². The van der Waals surface area contributed by atoms with Gasteiger partial charge in [0, 0.05) is 4.88 Å². The van der Waals surface area contributed by atoms with Crippen LogP contribution in [-0.2, 0) is 10.0 Å². The molecule has 1 aliphatic rings. The predicted octanol–water partition coefficient (Wildman–Crippen LogP) is 0.948. The van der Waals surface area contributed by atoms with Gasteiger partial charge < -0.3 is 10.2 Å². The number of rotatable bonds is 5. The normalized spacial score (nSPS) is 18.0. The Kier molecular flexibility index (Phi) is 3.69. The van der Waals surface area contributed by atoms with Gasteiger partial charge in [0.1, 0.15) is 4.88 Å². The van der Waals surface area contributed by atoms with Crippen molar-refractivity contribution in [1.29, 1.82) is 0 Å². The van der Waals surface area contributed by atoms with Crippen LogP contribution in [0, 0.1) is 6.92 Å². The molecule has 0 spiro atoms. The number of carboxylic acid groups (broad SMARTS) is 1. The van der Waals surface area contributed by atoms with E-state index in [4.69, 9.17) is 5.11 Å². The van der Waals surface area contributed by atoms with Crippen LogP contribution in [0.15, 0.2) is 11.0 Å². The molecule has 2 rings (SSSR count). The highest BCUT2D eigenvalue weighted by Crippen LogP contribution is 2.34. The van der Waals surface area contributed by atoms with E-state index in [1.54, 1.807) is 6.92 Å². The van der Waals surface area contributed by atoms with Crippen LogP contribution in [0.25, 0.3) is 0 Å². The van der Waals surface area contributed by atoms with Gasteiger partial charge in [0.15, 0.2) is 0 Å². The zero-order valence-electron chi connectivity index (χ0n) is 10.3. The molecule has 1 fully saturated rings. The van der Waals surface area contributed by atoms with E-state index in [1.165, 1.54) is 0 Å². The Morgan fingerprint density at radius 3 is 2.53 bits per heavy atom. The minimum atomic E-state index is -3.80. The van der Waals surface area contributed by atoms with Gasteiger partial charge in [-0.2, -0.15) is 0 Å². The maximum atomic E-state index is 12.2. The second kappa shape index (κ2) is 4.86. The number of carbonyl (C=O) groups is 1. The molecule has 0 atom stereocenters. The Morgan fingerprint density at radius 2 is 2.16 bits per heavy atom. The van der Waals surface area contributed by atoms with Crippen molar-refractivity contribution in [3.8, 4) is 0 Å². The lowest BCUT2D eigenvalue weighted by Gasteiger charge is -2.40. The molecular weight excluding hydrogens is 290 g/mol. The Bertz CT molecular complexity index is 595. The first-order chi connectivity index (χ1) is 8.80. The Morgan fingerprint density at radius 1 is 1.53 bits per heavy atom. The van der Waals surface area contributed by atoms with Gasteiger partial charge in [0.05, 0.1) is 17.0 Å². The smallest absolute Gasteiger partial charge is 0.345 e. The van der Waals surface area contributed by atoms with Gasteiger partial charge in [-0.3, -0.25) is 0 Å². The van der Waals surface area contributed by atoms with Crippen molar-refractivity contribution in [3.63, 3.8) is 0 Å².